The second-order valence-electron chi connectivity index (χ2n) is 5.37. The van der Waals surface area contributed by atoms with Gasteiger partial charge in [0.1, 0.15) is 0 Å². The van der Waals surface area contributed by atoms with Gasteiger partial charge in [-0.2, -0.15) is 0 Å². The van der Waals surface area contributed by atoms with Gasteiger partial charge in [0, 0.05) is 44.7 Å². The fourth-order valence-corrected chi connectivity index (χ4v) is 4.03. The van der Waals surface area contributed by atoms with Crippen LogP contribution in [0, 0.1) is 0 Å². The van der Waals surface area contributed by atoms with Gasteiger partial charge in [-0.3, -0.25) is 4.98 Å². The normalized spacial score (nSPS) is 11.0. The Morgan fingerprint density at radius 3 is 1.46 bits per heavy atom. The zero-order chi connectivity index (χ0) is 19.0. The Balaban J connectivity index is 2.32. The van der Waals surface area contributed by atoms with E-state index in [0.717, 1.165) is 0 Å². The molecule has 0 atom stereocenters. The predicted molar refractivity (Wildman–Crippen MR) is 111 cm³/mol. The van der Waals surface area contributed by atoms with Crippen LogP contribution in [-0.2, 0) is 6.61 Å². The molecule has 3 aromatic rings. The number of halogens is 6. The van der Waals surface area contributed by atoms with Crippen molar-refractivity contribution in [1.29, 1.82) is 0 Å². The maximum Gasteiger partial charge on any atom is 0.0695 e. The molecule has 0 aliphatic carbocycles. The fourth-order valence-electron chi connectivity index (χ4n) is 2.63. The molecule has 0 bridgehead atoms. The molecule has 2 aromatic carbocycles. The van der Waals surface area contributed by atoms with Gasteiger partial charge >= 0.3 is 0 Å². The molecule has 2 nitrogen and oxygen atoms in total. The molecule has 134 valence electrons. The Hall–Kier alpha value is -0.710. The molecule has 3 rings (SSSR count). The summed E-state index contributed by atoms with van der Waals surface area (Å²) in [6.07, 6.45) is 3.14. The summed E-state index contributed by atoms with van der Waals surface area (Å²) >= 11 is 37.2. The summed E-state index contributed by atoms with van der Waals surface area (Å²) in [5.74, 6) is 0. The molecule has 0 aliphatic rings. The van der Waals surface area contributed by atoms with Gasteiger partial charge in [0.25, 0.3) is 0 Å². The Morgan fingerprint density at radius 2 is 1.08 bits per heavy atom. The summed E-state index contributed by atoms with van der Waals surface area (Å²) in [7, 11) is 0. The van der Waals surface area contributed by atoms with Gasteiger partial charge in [-0.1, -0.05) is 69.6 Å². The maximum atomic E-state index is 10.0. The first kappa shape index (κ1) is 20.0. The van der Waals surface area contributed by atoms with E-state index in [1.807, 2.05) is 0 Å². The van der Waals surface area contributed by atoms with Gasteiger partial charge in [-0.25, -0.2) is 0 Å². The number of pyridine rings is 1. The zero-order valence-electron chi connectivity index (χ0n) is 12.8. The van der Waals surface area contributed by atoms with Crippen LogP contribution < -0.4 is 0 Å². The highest BCUT2D eigenvalue weighted by molar-refractivity contribution is 6.46. The quantitative estimate of drug-likeness (QED) is 0.398. The average Bonchev–Trinajstić information content (AvgIpc) is 2.60. The molecular weight excluding hydrogens is 459 g/mol. The number of aliphatic hydroxyl groups excluding tert-OH is 1. The molecule has 0 fully saturated rings. The van der Waals surface area contributed by atoms with Crippen LogP contribution in [0.25, 0.3) is 22.3 Å². The van der Waals surface area contributed by atoms with Crippen molar-refractivity contribution in [3.05, 3.63) is 72.4 Å². The minimum Gasteiger partial charge on any atom is -0.392 e. The van der Waals surface area contributed by atoms with Crippen molar-refractivity contribution < 1.29 is 5.11 Å². The molecule has 0 saturated heterocycles. The lowest BCUT2D eigenvalue weighted by Crippen LogP contribution is -1.97. The van der Waals surface area contributed by atoms with Crippen LogP contribution in [0.5, 0.6) is 0 Å². The summed E-state index contributed by atoms with van der Waals surface area (Å²) in [5, 5.41) is 12.1. The predicted octanol–water partition coefficient (Wildman–Crippen LogP) is 7.83. The number of hydrogen-bond acceptors (Lipinski definition) is 2. The molecule has 1 heterocycles. The molecule has 0 aliphatic heterocycles. The number of nitrogens with zero attached hydrogens (tertiary/aromatic N) is 1. The minimum atomic E-state index is -0.298. The molecule has 0 radical (unpaired) electrons. The van der Waals surface area contributed by atoms with Crippen LogP contribution >= 0.6 is 69.6 Å². The molecule has 0 saturated carbocycles. The highest BCUT2D eigenvalue weighted by Gasteiger charge is 2.19. The van der Waals surface area contributed by atoms with E-state index >= 15 is 0 Å². The van der Waals surface area contributed by atoms with Crippen LogP contribution in [0.3, 0.4) is 0 Å². The zero-order valence-corrected chi connectivity index (χ0v) is 17.4. The molecular formula is C18H9Cl6NO. The Morgan fingerprint density at radius 1 is 0.654 bits per heavy atom. The van der Waals surface area contributed by atoms with Gasteiger partial charge in [0.05, 0.1) is 26.7 Å². The lowest BCUT2D eigenvalue weighted by Gasteiger charge is -2.16. The molecule has 1 aromatic heterocycles. The Labute approximate surface area is 180 Å². The van der Waals surface area contributed by atoms with Gasteiger partial charge < -0.3 is 5.11 Å². The number of rotatable bonds is 3. The summed E-state index contributed by atoms with van der Waals surface area (Å²) in [4.78, 5) is 4.25. The van der Waals surface area contributed by atoms with Gasteiger partial charge in [-0.05, 0) is 29.8 Å². The van der Waals surface area contributed by atoms with Crippen molar-refractivity contribution >= 4 is 69.6 Å². The standard InChI is InChI=1S/C18H9Cl6NO/c19-8-1-10(17(23)15(21)3-8)12-5-25-6-13(14(12)7-26)11-2-9(20)4-16(22)18(11)24/h1-6,26H,7H2. The lowest BCUT2D eigenvalue weighted by molar-refractivity contribution is 0.283. The Bertz CT molecular complexity index is 930. The van der Waals surface area contributed by atoms with E-state index in [9.17, 15) is 5.11 Å². The van der Waals surface area contributed by atoms with Crippen LogP contribution in [-0.4, -0.2) is 10.1 Å². The third-order valence-corrected chi connectivity index (χ3v) is 5.82. The molecule has 26 heavy (non-hydrogen) atoms. The summed E-state index contributed by atoms with van der Waals surface area (Å²) in [6.45, 7) is -0.298. The lowest BCUT2D eigenvalue weighted by atomic mass is 9.94. The van der Waals surface area contributed by atoms with Crippen LogP contribution in [0.1, 0.15) is 5.56 Å². The second kappa shape index (κ2) is 8.12. The van der Waals surface area contributed by atoms with E-state index < -0.39 is 0 Å². The van der Waals surface area contributed by atoms with Gasteiger partial charge in [0.15, 0.2) is 0 Å². The van der Waals surface area contributed by atoms with Crippen LogP contribution in [0.15, 0.2) is 36.7 Å². The van der Waals surface area contributed by atoms with Gasteiger partial charge in [0.2, 0.25) is 0 Å². The van der Waals surface area contributed by atoms with Crippen molar-refractivity contribution in [3.8, 4) is 22.3 Å². The largest absolute Gasteiger partial charge is 0.392 e. The van der Waals surface area contributed by atoms with E-state index in [0.29, 0.717) is 58.0 Å². The number of benzene rings is 2. The first-order valence-electron chi connectivity index (χ1n) is 7.21. The minimum absolute atomic E-state index is 0.298. The summed E-state index contributed by atoms with van der Waals surface area (Å²) < 4.78 is 0. The molecule has 0 spiro atoms. The van der Waals surface area contributed by atoms with Crippen LogP contribution in [0.2, 0.25) is 30.1 Å². The third-order valence-electron chi connectivity index (χ3n) is 3.78. The van der Waals surface area contributed by atoms with Crippen LogP contribution in [0.4, 0.5) is 0 Å². The van der Waals surface area contributed by atoms with Crippen molar-refractivity contribution in [1.82, 2.24) is 4.98 Å². The SMILES string of the molecule is OCc1c(-c2cc(Cl)cc(Cl)c2Cl)cncc1-c1cc(Cl)cc(Cl)c1Cl. The van der Waals surface area contributed by atoms with E-state index in [2.05, 4.69) is 4.98 Å². The van der Waals surface area contributed by atoms with E-state index in [4.69, 9.17) is 69.6 Å². The topological polar surface area (TPSA) is 33.1 Å². The van der Waals surface area contributed by atoms with Crippen molar-refractivity contribution in [2.75, 3.05) is 0 Å². The van der Waals surface area contributed by atoms with E-state index in [-0.39, 0.29) is 6.61 Å². The number of aliphatic hydroxyl groups is 1. The average molecular weight is 468 g/mol. The van der Waals surface area contributed by atoms with Gasteiger partial charge in [-0.15, -0.1) is 0 Å². The molecule has 1 N–H and O–H groups in total. The second-order valence-corrected chi connectivity index (χ2v) is 7.81. The van der Waals surface area contributed by atoms with Crippen molar-refractivity contribution in [2.24, 2.45) is 0 Å². The van der Waals surface area contributed by atoms with Crippen molar-refractivity contribution in [3.63, 3.8) is 0 Å². The first-order valence-corrected chi connectivity index (χ1v) is 9.47. The first-order chi connectivity index (χ1) is 12.3. The molecule has 0 amide bonds. The highest BCUT2D eigenvalue weighted by Crippen LogP contribution is 2.43. The Kier molecular flexibility index (Phi) is 6.25. The highest BCUT2D eigenvalue weighted by atomic mass is 35.5. The summed E-state index contributed by atoms with van der Waals surface area (Å²) in [6, 6.07) is 6.39. The fraction of sp³-hybridized carbons (Fsp3) is 0.0556. The number of hydrogen-bond donors (Lipinski definition) is 1. The number of aromatic nitrogens is 1. The molecule has 0 unspecified atom stereocenters. The smallest absolute Gasteiger partial charge is 0.0695 e. The molecule has 8 heteroatoms. The summed E-state index contributed by atoms with van der Waals surface area (Å²) in [5.41, 5.74) is 2.79. The maximum absolute atomic E-state index is 10.0. The monoisotopic (exact) mass is 465 g/mol. The van der Waals surface area contributed by atoms with E-state index in [1.165, 1.54) is 0 Å². The van der Waals surface area contributed by atoms with Crippen molar-refractivity contribution in [2.45, 2.75) is 6.61 Å². The van der Waals surface area contributed by atoms with E-state index in [1.54, 1.807) is 36.7 Å². The third kappa shape index (κ3) is 3.79.